The summed E-state index contributed by atoms with van der Waals surface area (Å²) in [5.74, 6) is 0.530. The molecule has 0 radical (unpaired) electrons. The van der Waals surface area contributed by atoms with E-state index in [2.05, 4.69) is 77.5 Å². The topological polar surface area (TPSA) is 0 Å². The van der Waals surface area contributed by atoms with Gasteiger partial charge in [-0.05, 0) is 17.9 Å². The number of allylic oxidation sites excluding steroid dienone is 4. The average Bonchev–Trinajstić information content (AvgIpc) is 2.24. The minimum Gasteiger partial charge on any atom is -0.0800 e. The average molecular weight is 263 g/mol. The third-order valence-electron chi connectivity index (χ3n) is 2.96. The van der Waals surface area contributed by atoms with Gasteiger partial charge in [0.15, 0.2) is 0 Å². The van der Waals surface area contributed by atoms with Crippen LogP contribution < -0.4 is 0 Å². The molecule has 15 heavy (non-hydrogen) atoms. The molecule has 1 heteroatoms. The highest BCUT2D eigenvalue weighted by Crippen LogP contribution is 2.36. The highest BCUT2D eigenvalue weighted by molar-refractivity contribution is 9.10. The second kappa shape index (κ2) is 4.36. The van der Waals surface area contributed by atoms with Crippen LogP contribution in [0, 0.1) is 5.92 Å². The molecule has 0 saturated carbocycles. The first-order chi connectivity index (χ1) is 7.21. The lowest BCUT2D eigenvalue weighted by Gasteiger charge is -2.31. The predicted molar refractivity (Wildman–Crippen MR) is 69.2 cm³/mol. The summed E-state index contributed by atoms with van der Waals surface area (Å²) >= 11 is 3.86. The number of rotatable bonds is 2. The maximum atomic E-state index is 3.86. The first-order valence-electron chi connectivity index (χ1n) is 5.29. The van der Waals surface area contributed by atoms with E-state index in [0.717, 1.165) is 6.42 Å². The van der Waals surface area contributed by atoms with Crippen LogP contribution in [-0.2, 0) is 6.42 Å². The van der Waals surface area contributed by atoms with E-state index in [1.54, 1.807) is 0 Å². The lowest BCUT2D eigenvalue weighted by molar-refractivity contribution is 0.564. The molecule has 0 nitrogen and oxygen atoms in total. The Bertz CT molecular complexity index is 378. The molecule has 1 aromatic carbocycles. The molecule has 78 valence electrons. The van der Waals surface area contributed by atoms with E-state index >= 15 is 0 Å². The predicted octanol–water partition coefficient (Wildman–Crippen LogP) is 4.12. The Labute approximate surface area is 99.8 Å². The second-order valence-corrected chi connectivity index (χ2v) is 5.60. The van der Waals surface area contributed by atoms with Crippen molar-refractivity contribution in [2.45, 2.75) is 17.7 Å². The van der Waals surface area contributed by atoms with Gasteiger partial charge >= 0.3 is 0 Å². The van der Waals surface area contributed by atoms with Crippen molar-refractivity contribution in [2.75, 3.05) is 0 Å². The van der Waals surface area contributed by atoms with Gasteiger partial charge in [0.2, 0.25) is 0 Å². The van der Waals surface area contributed by atoms with Gasteiger partial charge in [0.25, 0.3) is 0 Å². The molecule has 0 fully saturated rings. The van der Waals surface area contributed by atoms with Gasteiger partial charge < -0.3 is 0 Å². The minimum absolute atomic E-state index is 0.0864. The molecule has 0 heterocycles. The monoisotopic (exact) mass is 262 g/mol. The number of hydrogen-bond donors (Lipinski definition) is 0. The molecule has 0 bridgehead atoms. The molecule has 0 N–H and O–H groups in total. The van der Waals surface area contributed by atoms with Crippen LogP contribution in [0.5, 0.6) is 0 Å². The Hall–Kier alpha value is -0.820. The van der Waals surface area contributed by atoms with Crippen molar-refractivity contribution in [1.29, 1.82) is 0 Å². The molecule has 1 aromatic rings. The Morgan fingerprint density at radius 3 is 2.60 bits per heavy atom. The van der Waals surface area contributed by atoms with E-state index in [9.17, 15) is 0 Å². The van der Waals surface area contributed by atoms with Crippen LogP contribution in [0.4, 0.5) is 0 Å². The lowest BCUT2D eigenvalue weighted by atomic mass is 9.85. The van der Waals surface area contributed by atoms with Gasteiger partial charge in [-0.25, -0.2) is 0 Å². The van der Waals surface area contributed by atoms with Crippen molar-refractivity contribution in [3.8, 4) is 0 Å². The van der Waals surface area contributed by atoms with Crippen LogP contribution in [0.1, 0.15) is 12.5 Å². The highest BCUT2D eigenvalue weighted by Gasteiger charge is 2.30. The van der Waals surface area contributed by atoms with Crippen LogP contribution in [-0.4, -0.2) is 4.32 Å². The zero-order chi connectivity index (χ0) is 10.7. The standard InChI is InChI=1S/C14H15Br/c1-12-7-5-6-10-14(12,15)11-13-8-3-2-4-9-13/h2-10,12H,11H2,1H3. The number of halogens is 1. The molecule has 0 amide bonds. The fourth-order valence-corrected chi connectivity index (χ4v) is 2.52. The lowest BCUT2D eigenvalue weighted by Crippen LogP contribution is -2.30. The smallest absolute Gasteiger partial charge is 0.0539 e. The number of benzene rings is 1. The minimum atomic E-state index is 0.0864. The van der Waals surface area contributed by atoms with Crippen LogP contribution in [0.15, 0.2) is 54.6 Å². The molecule has 0 aliphatic heterocycles. The van der Waals surface area contributed by atoms with Gasteiger partial charge in [-0.3, -0.25) is 0 Å². The Kier molecular flexibility index (Phi) is 3.11. The molecule has 2 atom stereocenters. The normalized spacial score (nSPS) is 29.3. The van der Waals surface area contributed by atoms with Crippen LogP contribution in [0.2, 0.25) is 0 Å². The van der Waals surface area contributed by atoms with Gasteiger partial charge in [0.05, 0.1) is 4.32 Å². The van der Waals surface area contributed by atoms with Crippen molar-refractivity contribution in [2.24, 2.45) is 5.92 Å². The fraction of sp³-hybridized carbons (Fsp3) is 0.286. The van der Waals surface area contributed by atoms with E-state index in [1.165, 1.54) is 5.56 Å². The van der Waals surface area contributed by atoms with E-state index in [-0.39, 0.29) is 4.32 Å². The molecule has 0 aromatic heterocycles. The number of alkyl halides is 1. The molecule has 0 saturated heterocycles. The summed E-state index contributed by atoms with van der Waals surface area (Å²) in [5, 5.41) is 0. The maximum absolute atomic E-state index is 3.86. The first kappa shape index (κ1) is 10.7. The molecule has 0 spiro atoms. The van der Waals surface area contributed by atoms with Crippen molar-refractivity contribution in [3.05, 3.63) is 60.2 Å². The van der Waals surface area contributed by atoms with Gasteiger partial charge in [0, 0.05) is 0 Å². The van der Waals surface area contributed by atoms with Crippen molar-refractivity contribution in [3.63, 3.8) is 0 Å². The Morgan fingerprint density at radius 2 is 1.93 bits per heavy atom. The summed E-state index contributed by atoms with van der Waals surface area (Å²) < 4.78 is 0.0864. The summed E-state index contributed by atoms with van der Waals surface area (Å²) in [6.45, 7) is 2.25. The zero-order valence-electron chi connectivity index (χ0n) is 8.86. The molecule has 2 unspecified atom stereocenters. The highest BCUT2D eigenvalue weighted by atomic mass is 79.9. The van der Waals surface area contributed by atoms with Crippen molar-refractivity contribution in [1.82, 2.24) is 0 Å². The largest absolute Gasteiger partial charge is 0.0800 e. The molecule has 1 aliphatic rings. The molecule has 1 aliphatic carbocycles. The first-order valence-corrected chi connectivity index (χ1v) is 6.09. The molecular weight excluding hydrogens is 248 g/mol. The summed E-state index contributed by atoms with van der Waals surface area (Å²) in [7, 11) is 0. The van der Waals surface area contributed by atoms with Gasteiger partial charge in [-0.1, -0.05) is 77.5 Å². The van der Waals surface area contributed by atoms with Crippen molar-refractivity contribution >= 4 is 15.9 Å². The third-order valence-corrected chi connectivity index (χ3v) is 4.23. The summed E-state index contributed by atoms with van der Waals surface area (Å²) in [6.07, 6.45) is 9.78. The third kappa shape index (κ3) is 2.40. The van der Waals surface area contributed by atoms with Crippen LogP contribution in [0.3, 0.4) is 0 Å². The molecular formula is C14H15Br. The maximum Gasteiger partial charge on any atom is 0.0539 e. The Balaban J connectivity index is 2.18. The van der Waals surface area contributed by atoms with E-state index < -0.39 is 0 Å². The van der Waals surface area contributed by atoms with Gasteiger partial charge in [0.1, 0.15) is 0 Å². The van der Waals surface area contributed by atoms with Gasteiger partial charge in [-0.2, -0.15) is 0 Å². The summed E-state index contributed by atoms with van der Waals surface area (Å²) in [5.41, 5.74) is 1.38. The van der Waals surface area contributed by atoms with E-state index in [1.807, 2.05) is 0 Å². The van der Waals surface area contributed by atoms with Gasteiger partial charge in [-0.15, -0.1) is 0 Å². The summed E-state index contributed by atoms with van der Waals surface area (Å²) in [6, 6.07) is 10.6. The zero-order valence-corrected chi connectivity index (χ0v) is 10.4. The number of hydrogen-bond acceptors (Lipinski definition) is 0. The SMILES string of the molecule is CC1C=CC=CC1(Br)Cc1ccccc1. The second-order valence-electron chi connectivity index (χ2n) is 4.12. The van der Waals surface area contributed by atoms with E-state index in [4.69, 9.17) is 0 Å². The fourth-order valence-electron chi connectivity index (χ4n) is 1.89. The van der Waals surface area contributed by atoms with Crippen LogP contribution in [0.25, 0.3) is 0 Å². The molecule has 2 rings (SSSR count). The van der Waals surface area contributed by atoms with Crippen LogP contribution >= 0.6 is 15.9 Å². The van der Waals surface area contributed by atoms with E-state index in [0.29, 0.717) is 5.92 Å². The Morgan fingerprint density at radius 1 is 1.20 bits per heavy atom. The van der Waals surface area contributed by atoms with Crippen molar-refractivity contribution < 1.29 is 0 Å². The quantitative estimate of drug-likeness (QED) is 0.704. The summed E-state index contributed by atoms with van der Waals surface area (Å²) in [4.78, 5) is 0.